The molecular weight excluding hydrogens is 387 g/mol. The van der Waals surface area contributed by atoms with E-state index in [1.165, 1.54) is 0 Å². The monoisotopic (exact) mass is 407 g/mol. The second-order valence-electron chi connectivity index (χ2n) is 6.86. The van der Waals surface area contributed by atoms with Gasteiger partial charge in [0.2, 0.25) is 5.95 Å². The summed E-state index contributed by atoms with van der Waals surface area (Å²) in [5, 5.41) is 17.9. The van der Waals surface area contributed by atoms with Gasteiger partial charge in [0.1, 0.15) is 11.4 Å². The number of hydrogen-bond acceptors (Lipinski definition) is 7. The van der Waals surface area contributed by atoms with Gasteiger partial charge in [0.15, 0.2) is 0 Å². The van der Waals surface area contributed by atoms with Crippen LogP contribution in [0.1, 0.15) is 43.1 Å². The topological polar surface area (TPSA) is 98.4 Å². The Bertz CT molecular complexity index is 975. The van der Waals surface area contributed by atoms with Crippen LogP contribution in [0.3, 0.4) is 0 Å². The highest BCUT2D eigenvalue weighted by Gasteiger charge is 2.36. The molecule has 9 nitrogen and oxygen atoms in total. The highest BCUT2D eigenvalue weighted by Crippen LogP contribution is 2.42. The van der Waals surface area contributed by atoms with E-state index in [4.69, 9.17) is 0 Å². The minimum Gasteiger partial charge on any atom is -0.370 e. The first-order chi connectivity index (χ1) is 13.9. The second kappa shape index (κ2) is 7.33. The molecule has 0 bridgehead atoms. The van der Waals surface area contributed by atoms with E-state index in [-0.39, 0.29) is 17.8 Å². The van der Waals surface area contributed by atoms with Gasteiger partial charge in [-0.25, -0.2) is 9.67 Å². The molecule has 0 saturated heterocycles. The van der Waals surface area contributed by atoms with E-state index in [9.17, 15) is 13.2 Å². The number of nitrogens with one attached hydrogen (secondary N) is 2. The van der Waals surface area contributed by atoms with Crippen molar-refractivity contribution in [1.82, 2.24) is 34.7 Å². The standard InChI is InChI=1S/C17H20F3N9/c1-3-21-15-13(17(18,19)20)8-22-16(26-15)25-14-9-24-29(10(14)2)12-6-11(7-12)28-5-4-23-27-28/h4-5,8-9,11-12H,3,6-7H2,1-2H3,(H2,21,22,25,26)/t11-,12-. The van der Waals surface area contributed by atoms with Gasteiger partial charge in [-0.2, -0.15) is 23.3 Å². The Labute approximate surface area is 164 Å². The zero-order valence-corrected chi connectivity index (χ0v) is 15.8. The Hall–Kier alpha value is -3.18. The predicted octanol–water partition coefficient (Wildman–Crippen LogP) is 3.34. The first-order valence-corrected chi connectivity index (χ1v) is 9.21. The van der Waals surface area contributed by atoms with Gasteiger partial charge in [0.05, 0.1) is 35.9 Å². The molecule has 3 heterocycles. The van der Waals surface area contributed by atoms with Crippen LogP contribution in [0.2, 0.25) is 0 Å². The van der Waals surface area contributed by atoms with Crippen LogP contribution in [-0.2, 0) is 6.18 Å². The molecule has 0 unspecified atom stereocenters. The van der Waals surface area contributed by atoms with Gasteiger partial charge in [0.25, 0.3) is 0 Å². The smallest absolute Gasteiger partial charge is 0.370 e. The zero-order valence-electron chi connectivity index (χ0n) is 15.8. The van der Waals surface area contributed by atoms with Crippen molar-refractivity contribution in [2.75, 3.05) is 17.2 Å². The molecule has 3 aromatic heterocycles. The van der Waals surface area contributed by atoms with E-state index in [0.717, 1.165) is 24.7 Å². The SMILES string of the molecule is CCNc1nc(Nc2cnn([C@H]3C[C@H](n4ccnn4)C3)c2C)ncc1C(F)(F)F. The molecule has 1 saturated carbocycles. The van der Waals surface area contributed by atoms with Crippen LogP contribution in [0.25, 0.3) is 0 Å². The van der Waals surface area contributed by atoms with Crippen LogP contribution >= 0.6 is 0 Å². The lowest BCUT2D eigenvalue weighted by atomic mass is 9.87. The fourth-order valence-corrected chi connectivity index (χ4v) is 3.37. The molecule has 12 heteroatoms. The van der Waals surface area contributed by atoms with Crippen molar-refractivity contribution in [3.8, 4) is 0 Å². The molecule has 3 aromatic rings. The van der Waals surface area contributed by atoms with Crippen molar-refractivity contribution in [2.24, 2.45) is 0 Å². The van der Waals surface area contributed by atoms with E-state index in [1.54, 1.807) is 19.3 Å². The average Bonchev–Trinajstić information content (AvgIpc) is 3.26. The molecule has 4 rings (SSSR count). The van der Waals surface area contributed by atoms with Crippen LogP contribution in [0, 0.1) is 6.92 Å². The Morgan fingerprint density at radius 1 is 1.21 bits per heavy atom. The second-order valence-corrected chi connectivity index (χ2v) is 6.86. The number of alkyl halides is 3. The van der Waals surface area contributed by atoms with Crippen molar-refractivity contribution in [1.29, 1.82) is 0 Å². The Balaban J connectivity index is 1.49. The molecule has 29 heavy (non-hydrogen) atoms. The lowest BCUT2D eigenvalue weighted by molar-refractivity contribution is -0.137. The normalized spacial score (nSPS) is 19.1. The van der Waals surface area contributed by atoms with Crippen LogP contribution in [-0.4, -0.2) is 41.3 Å². The van der Waals surface area contributed by atoms with Crippen molar-refractivity contribution < 1.29 is 13.2 Å². The summed E-state index contributed by atoms with van der Waals surface area (Å²) in [7, 11) is 0. The maximum atomic E-state index is 13.1. The van der Waals surface area contributed by atoms with Crippen LogP contribution in [0.15, 0.2) is 24.8 Å². The molecule has 1 aliphatic rings. The number of nitrogens with zero attached hydrogens (tertiary/aromatic N) is 7. The number of halogens is 3. The van der Waals surface area contributed by atoms with Crippen molar-refractivity contribution in [3.05, 3.63) is 36.0 Å². The third-order valence-electron chi connectivity index (χ3n) is 4.98. The van der Waals surface area contributed by atoms with Gasteiger partial charge >= 0.3 is 6.18 Å². The number of anilines is 3. The van der Waals surface area contributed by atoms with E-state index in [2.05, 4.69) is 36.0 Å². The van der Waals surface area contributed by atoms with E-state index in [0.29, 0.717) is 18.3 Å². The summed E-state index contributed by atoms with van der Waals surface area (Å²) in [5.74, 6) is -0.178. The number of aromatic nitrogens is 7. The van der Waals surface area contributed by atoms with Crippen LogP contribution in [0.4, 0.5) is 30.6 Å². The highest BCUT2D eigenvalue weighted by molar-refractivity contribution is 5.58. The largest absolute Gasteiger partial charge is 0.421 e. The summed E-state index contributed by atoms with van der Waals surface area (Å²) in [4.78, 5) is 7.81. The molecule has 1 aliphatic carbocycles. The van der Waals surface area contributed by atoms with Gasteiger partial charge in [-0.15, -0.1) is 5.10 Å². The number of hydrogen-bond donors (Lipinski definition) is 2. The molecule has 0 atom stereocenters. The van der Waals surface area contributed by atoms with E-state index < -0.39 is 11.7 Å². The summed E-state index contributed by atoms with van der Waals surface area (Å²) in [6, 6.07) is 0.522. The molecule has 0 amide bonds. The minimum absolute atomic E-state index is 0.0747. The van der Waals surface area contributed by atoms with Gasteiger partial charge in [-0.1, -0.05) is 5.21 Å². The van der Waals surface area contributed by atoms with Crippen molar-refractivity contribution in [2.45, 2.75) is 44.9 Å². The first-order valence-electron chi connectivity index (χ1n) is 9.21. The fourth-order valence-electron chi connectivity index (χ4n) is 3.37. The van der Waals surface area contributed by atoms with Crippen molar-refractivity contribution >= 4 is 17.5 Å². The molecule has 0 radical (unpaired) electrons. The molecule has 0 aliphatic heterocycles. The molecule has 0 spiro atoms. The summed E-state index contributed by atoms with van der Waals surface area (Å²) in [6.07, 6.45) is 3.14. The summed E-state index contributed by atoms with van der Waals surface area (Å²) in [6.45, 7) is 3.91. The highest BCUT2D eigenvalue weighted by atomic mass is 19.4. The molecule has 2 N–H and O–H groups in total. The maximum absolute atomic E-state index is 13.1. The van der Waals surface area contributed by atoms with Gasteiger partial charge < -0.3 is 10.6 Å². The third kappa shape index (κ3) is 3.74. The lowest BCUT2D eigenvalue weighted by Crippen LogP contribution is -2.30. The molecule has 0 aromatic carbocycles. The van der Waals surface area contributed by atoms with Gasteiger partial charge in [-0.3, -0.25) is 4.68 Å². The minimum atomic E-state index is -4.53. The van der Waals surface area contributed by atoms with Crippen LogP contribution < -0.4 is 10.6 Å². The maximum Gasteiger partial charge on any atom is 0.421 e. The Morgan fingerprint density at radius 3 is 2.66 bits per heavy atom. The first kappa shape index (κ1) is 19.2. The third-order valence-corrected chi connectivity index (χ3v) is 4.98. The Morgan fingerprint density at radius 2 is 2.00 bits per heavy atom. The van der Waals surface area contributed by atoms with Crippen LogP contribution in [0.5, 0.6) is 0 Å². The van der Waals surface area contributed by atoms with Crippen molar-refractivity contribution in [3.63, 3.8) is 0 Å². The fraction of sp³-hybridized carbons (Fsp3) is 0.471. The molecule has 154 valence electrons. The van der Waals surface area contributed by atoms with E-state index in [1.807, 2.05) is 22.5 Å². The predicted molar refractivity (Wildman–Crippen MR) is 98.8 cm³/mol. The average molecular weight is 407 g/mol. The lowest BCUT2D eigenvalue weighted by Gasteiger charge is -2.35. The van der Waals surface area contributed by atoms with Gasteiger partial charge in [-0.05, 0) is 26.7 Å². The Kier molecular flexibility index (Phi) is 4.84. The molecular formula is C17H20F3N9. The summed E-state index contributed by atoms with van der Waals surface area (Å²) < 4.78 is 43.1. The number of rotatable bonds is 6. The van der Waals surface area contributed by atoms with Gasteiger partial charge in [0, 0.05) is 18.9 Å². The summed E-state index contributed by atoms with van der Waals surface area (Å²) in [5.41, 5.74) is 0.614. The zero-order chi connectivity index (χ0) is 20.6. The molecule has 1 fully saturated rings. The quantitative estimate of drug-likeness (QED) is 0.647. The summed E-state index contributed by atoms with van der Waals surface area (Å²) >= 11 is 0. The van der Waals surface area contributed by atoms with E-state index >= 15 is 0 Å².